The highest BCUT2D eigenvalue weighted by Gasteiger charge is 2.24. The van der Waals surface area contributed by atoms with E-state index in [1.54, 1.807) is 23.1 Å². The molecule has 0 saturated carbocycles. The fourth-order valence-corrected chi connectivity index (χ4v) is 6.10. The normalized spacial score (nSPS) is 14.9. The molecule has 0 fully saturated rings. The molecule has 2 aromatic carbocycles. The lowest BCUT2D eigenvalue weighted by Crippen LogP contribution is -3.00. The molecule has 0 amide bonds. The number of para-hydroxylation sites is 1. The maximum absolute atomic E-state index is 13.6. The van der Waals surface area contributed by atoms with E-state index >= 15 is 0 Å². The maximum atomic E-state index is 13.6. The summed E-state index contributed by atoms with van der Waals surface area (Å²) in [7, 11) is 4.06. The third-order valence-corrected chi connectivity index (χ3v) is 7.88. The first kappa shape index (κ1) is 22.4. The molecular weight excluding hydrogens is 458 g/mol. The molecule has 0 N–H and O–H groups in total. The van der Waals surface area contributed by atoms with Crippen molar-refractivity contribution in [2.75, 3.05) is 11.9 Å². The Hall–Kier alpha value is -2.80. The van der Waals surface area contributed by atoms with Gasteiger partial charge >= 0.3 is 0 Å². The Morgan fingerprint density at radius 3 is 2.44 bits per heavy atom. The van der Waals surface area contributed by atoms with Gasteiger partial charge in [0.2, 0.25) is 5.69 Å². The van der Waals surface area contributed by atoms with Crippen LogP contribution in [0.5, 0.6) is 0 Å². The summed E-state index contributed by atoms with van der Waals surface area (Å²) >= 11 is 3.23. The van der Waals surface area contributed by atoms with Gasteiger partial charge in [0.1, 0.15) is 21.3 Å². The summed E-state index contributed by atoms with van der Waals surface area (Å²) in [6, 6.07) is 24.5. The van der Waals surface area contributed by atoms with Gasteiger partial charge in [0, 0.05) is 30.2 Å². The number of nitrogens with zero attached hydrogens (tertiary/aromatic N) is 3. The zero-order valence-electron chi connectivity index (χ0n) is 17.7. The van der Waals surface area contributed by atoms with E-state index in [2.05, 4.69) is 45.9 Å². The van der Waals surface area contributed by atoms with E-state index in [0.29, 0.717) is 6.54 Å². The second-order valence-electron chi connectivity index (χ2n) is 7.46. The van der Waals surface area contributed by atoms with Crippen molar-refractivity contribution in [3.05, 3.63) is 110 Å². The van der Waals surface area contributed by atoms with E-state index in [1.165, 1.54) is 4.90 Å². The van der Waals surface area contributed by atoms with Crippen molar-refractivity contribution in [1.82, 2.24) is 4.57 Å². The van der Waals surface area contributed by atoms with Crippen LogP contribution in [0.15, 0.2) is 88.7 Å². The van der Waals surface area contributed by atoms with Gasteiger partial charge in [0.25, 0.3) is 5.56 Å². The highest BCUT2D eigenvalue weighted by atomic mass is 35.5. The number of halogens is 1. The van der Waals surface area contributed by atoms with Crippen molar-refractivity contribution in [2.24, 2.45) is 7.05 Å². The van der Waals surface area contributed by atoms with Gasteiger partial charge in [0.15, 0.2) is 6.20 Å². The van der Waals surface area contributed by atoms with Crippen LogP contribution in [0.2, 0.25) is 0 Å². The minimum Gasteiger partial charge on any atom is -1.00 e. The lowest BCUT2D eigenvalue weighted by Gasteiger charge is -2.11. The first-order valence-corrected chi connectivity index (χ1v) is 11.7. The van der Waals surface area contributed by atoms with Crippen molar-refractivity contribution < 1.29 is 17.0 Å². The maximum Gasteiger partial charge on any atom is 0.272 e. The number of aromatic nitrogens is 2. The van der Waals surface area contributed by atoms with Crippen molar-refractivity contribution in [1.29, 1.82) is 0 Å². The Balaban J connectivity index is 0.00000245. The summed E-state index contributed by atoms with van der Waals surface area (Å²) in [6.07, 6.45) is 4.12. The number of pyridine rings is 1. The molecule has 32 heavy (non-hydrogen) atoms. The van der Waals surface area contributed by atoms with E-state index in [9.17, 15) is 4.79 Å². The highest BCUT2D eigenvalue weighted by molar-refractivity contribution is 8.08. The Morgan fingerprint density at radius 2 is 1.69 bits per heavy atom. The molecule has 2 aromatic heterocycles. The smallest absolute Gasteiger partial charge is 0.272 e. The minimum atomic E-state index is 0. The molecule has 0 unspecified atom stereocenters. The van der Waals surface area contributed by atoms with Crippen LogP contribution in [0.3, 0.4) is 0 Å². The molecule has 1 aliphatic rings. The van der Waals surface area contributed by atoms with Crippen molar-refractivity contribution in [3.63, 3.8) is 0 Å². The summed E-state index contributed by atoms with van der Waals surface area (Å²) in [6.45, 7) is 0.549. The second kappa shape index (κ2) is 9.36. The van der Waals surface area contributed by atoms with Gasteiger partial charge in [-0.05, 0) is 23.8 Å². The van der Waals surface area contributed by atoms with Gasteiger partial charge in [-0.25, -0.2) is 4.57 Å². The molecule has 0 saturated heterocycles. The molecule has 162 valence electrons. The number of anilines is 1. The molecule has 0 aliphatic carbocycles. The predicted molar refractivity (Wildman–Crippen MR) is 129 cm³/mol. The molecule has 0 radical (unpaired) electrons. The van der Waals surface area contributed by atoms with E-state index in [1.807, 2.05) is 67.3 Å². The van der Waals surface area contributed by atoms with Crippen LogP contribution < -0.4 is 36.6 Å². The summed E-state index contributed by atoms with van der Waals surface area (Å²) in [5.41, 5.74) is 3.37. The lowest BCUT2D eigenvalue weighted by atomic mass is 10.2. The number of thioether (sulfide) groups is 1. The van der Waals surface area contributed by atoms with E-state index < -0.39 is 0 Å². The highest BCUT2D eigenvalue weighted by Crippen LogP contribution is 2.44. The minimum absolute atomic E-state index is 0. The van der Waals surface area contributed by atoms with Crippen LogP contribution in [0.25, 0.3) is 11.1 Å². The molecule has 0 spiro atoms. The van der Waals surface area contributed by atoms with E-state index in [0.717, 1.165) is 31.2 Å². The van der Waals surface area contributed by atoms with Crippen molar-refractivity contribution in [2.45, 2.75) is 11.4 Å². The Morgan fingerprint density at radius 1 is 0.969 bits per heavy atom. The molecule has 5 rings (SSSR count). The predicted octanol–water partition coefficient (Wildman–Crippen LogP) is -0.0768. The molecule has 0 bridgehead atoms. The van der Waals surface area contributed by atoms with Crippen LogP contribution in [-0.2, 0) is 13.6 Å². The summed E-state index contributed by atoms with van der Waals surface area (Å²) in [5, 5.41) is 0.995. The number of fused-ring (bicyclic) bond motifs is 1. The number of hydrogen-bond donors (Lipinski definition) is 0. The third kappa shape index (κ3) is 4.13. The zero-order chi connectivity index (χ0) is 21.4. The van der Waals surface area contributed by atoms with Crippen LogP contribution in [0, 0.1) is 0 Å². The number of aryl methyl sites for hydroxylation is 1. The van der Waals surface area contributed by atoms with Gasteiger partial charge in [-0.1, -0.05) is 54.2 Å². The summed E-state index contributed by atoms with van der Waals surface area (Å²) < 4.78 is 5.69. The van der Waals surface area contributed by atoms with Gasteiger partial charge in [-0.15, -0.1) is 11.3 Å². The quantitative estimate of drug-likeness (QED) is 0.385. The molecule has 3 heterocycles. The number of rotatable bonds is 3. The van der Waals surface area contributed by atoms with Crippen molar-refractivity contribution >= 4 is 39.9 Å². The van der Waals surface area contributed by atoms with E-state index in [4.69, 9.17) is 0 Å². The fraction of sp³-hybridized carbons (Fsp3) is 0.120. The summed E-state index contributed by atoms with van der Waals surface area (Å²) in [4.78, 5) is 17.0. The first-order chi connectivity index (χ1) is 15.1. The van der Waals surface area contributed by atoms with Crippen LogP contribution in [0.1, 0.15) is 11.3 Å². The largest absolute Gasteiger partial charge is 1.00 e. The molecule has 0 atom stereocenters. The standard InChI is InChI=1S/C25H22N3OS2.ClH/c1-26-15-9-8-12-19(26)16-22-28(17-18-10-4-3-5-11-18)24(29)23(31-22)25-27(2)20-13-6-7-14-21(20)30-25;/h3-16H,17H2,1-2H3;1H/q+1;/p-1/b25-23+;. The SMILES string of the molecule is CN1/C(=c2\s/c(=C\c3cccc[n+]3C)n(Cc3ccccc3)c2=O)Sc2ccccc21.[Cl-]. The van der Waals surface area contributed by atoms with Crippen LogP contribution >= 0.6 is 23.1 Å². The lowest BCUT2D eigenvalue weighted by molar-refractivity contribution is -0.673. The van der Waals surface area contributed by atoms with E-state index in [-0.39, 0.29) is 18.0 Å². The molecule has 4 aromatic rings. The summed E-state index contributed by atoms with van der Waals surface area (Å²) in [5.74, 6) is 0. The third-order valence-electron chi connectivity index (χ3n) is 5.39. The Bertz CT molecular complexity index is 1440. The number of benzene rings is 2. The zero-order valence-corrected chi connectivity index (χ0v) is 20.1. The van der Waals surface area contributed by atoms with Gasteiger partial charge in [-0.2, -0.15) is 0 Å². The van der Waals surface area contributed by atoms with Crippen molar-refractivity contribution in [3.8, 4) is 0 Å². The van der Waals surface area contributed by atoms with Crippen LogP contribution in [0.4, 0.5) is 5.69 Å². The monoisotopic (exact) mass is 479 g/mol. The number of hydrogen-bond acceptors (Lipinski definition) is 4. The number of thiazole rings is 1. The van der Waals surface area contributed by atoms with Gasteiger partial charge in [-0.3, -0.25) is 9.36 Å². The van der Waals surface area contributed by atoms with Gasteiger partial charge in [0.05, 0.1) is 12.2 Å². The average molecular weight is 480 g/mol. The Labute approximate surface area is 201 Å². The fourth-order valence-electron chi connectivity index (χ4n) is 3.70. The van der Waals surface area contributed by atoms with Gasteiger partial charge < -0.3 is 17.3 Å². The topological polar surface area (TPSA) is 29.1 Å². The second-order valence-corrected chi connectivity index (χ2v) is 9.52. The molecule has 1 aliphatic heterocycles. The Kier molecular flexibility index (Phi) is 6.55. The van der Waals surface area contributed by atoms with Crippen LogP contribution in [-0.4, -0.2) is 11.6 Å². The molecule has 7 heteroatoms. The first-order valence-electron chi connectivity index (χ1n) is 10.1. The molecule has 4 nitrogen and oxygen atoms in total. The molecular formula is C25H22ClN3OS2. The average Bonchev–Trinajstić information content (AvgIpc) is 3.28.